The second-order valence-electron chi connectivity index (χ2n) is 9.14. The van der Waals surface area contributed by atoms with Gasteiger partial charge < -0.3 is 19.5 Å². The lowest BCUT2D eigenvalue weighted by Crippen LogP contribution is -2.30. The lowest BCUT2D eigenvalue weighted by atomic mass is 10.0. The van der Waals surface area contributed by atoms with Crippen molar-refractivity contribution >= 4 is 34.6 Å². The van der Waals surface area contributed by atoms with E-state index in [-0.39, 0.29) is 12.1 Å². The first-order chi connectivity index (χ1) is 18.6. The number of pyridine rings is 1. The molecule has 0 amide bonds. The van der Waals surface area contributed by atoms with Gasteiger partial charge in [-0.05, 0) is 104 Å². The molecule has 2 atom stereocenters. The van der Waals surface area contributed by atoms with Gasteiger partial charge in [0.2, 0.25) is 0 Å². The number of anilines is 1. The van der Waals surface area contributed by atoms with Gasteiger partial charge in [0.1, 0.15) is 17.5 Å². The highest BCUT2D eigenvalue weighted by Gasteiger charge is 2.42. The molecule has 6 rings (SSSR count). The van der Waals surface area contributed by atoms with Crippen molar-refractivity contribution in [3.05, 3.63) is 137 Å². The quantitative estimate of drug-likeness (QED) is 0.224. The fraction of sp³-hybridized carbons (Fsp3) is 0.0968. The Bertz CT molecular complexity index is 1570. The number of hydrogen-bond donors (Lipinski definition) is 1. The van der Waals surface area contributed by atoms with Gasteiger partial charge in [0.15, 0.2) is 5.11 Å². The summed E-state index contributed by atoms with van der Waals surface area (Å²) in [6.07, 6.45) is 3.89. The van der Waals surface area contributed by atoms with Crippen LogP contribution in [0.2, 0.25) is 5.02 Å². The van der Waals surface area contributed by atoms with Crippen LogP contribution in [0, 0.1) is 6.92 Å². The maximum atomic E-state index is 6.34. The fourth-order valence-corrected chi connectivity index (χ4v) is 5.35. The van der Waals surface area contributed by atoms with E-state index in [9.17, 15) is 0 Å². The Balaban J connectivity index is 1.41. The molecular formula is C31H25ClN4OS. The summed E-state index contributed by atoms with van der Waals surface area (Å²) in [5.74, 6) is 1.55. The van der Waals surface area contributed by atoms with Crippen LogP contribution >= 0.6 is 23.8 Å². The van der Waals surface area contributed by atoms with E-state index in [4.69, 9.17) is 28.6 Å². The average Bonchev–Trinajstić information content (AvgIpc) is 3.56. The summed E-state index contributed by atoms with van der Waals surface area (Å²) in [7, 11) is 0. The van der Waals surface area contributed by atoms with E-state index in [0.717, 1.165) is 44.8 Å². The highest BCUT2D eigenvalue weighted by molar-refractivity contribution is 7.80. The third-order valence-electron chi connectivity index (χ3n) is 6.69. The third kappa shape index (κ3) is 4.64. The lowest BCUT2D eigenvalue weighted by molar-refractivity contribution is 0.482. The molecule has 0 radical (unpaired) electrons. The maximum absolute atomic E-state index is 6.34. The molecule has 7 heteroatoms. The van der Waals surface area contributed by atoms with Gasteiger partial charge >= 0.3 is 0 Å². The van der Waals surface area contributed by atoms with E-state index < -0.39 is 0 Å². The summed E-state index contributed by atoms with van der Waals surface area (Å²) in [6.45, 7) is 2.02. The minimum absolute atomic E-state index is 0.147. The maximum Gasteiger partial charge on any atom is 0.174 e. The molecule has 5 aromatic rings. The molecule has 1 fully saturated rings. The Hall–Kier alpha value is -4.13. The summed E-state index contributed by atoms with van der Waals surface area (Å²) in [6, 6.07) is 33.7. The summed E-state index contributed by atoms with van der Waals surface area (Å²) in [4.78, 5) is 6.84. The standard InChI is InChI=1S/C31H25ClN4OS/c1-21-20-23(14-17-26(21)32)35-19-7-11-28(35)30-29(27-10-5-6-18-33-27)34-31(38)36(30)22-12-15-25(16-13-22)37-24-8-3-2-4-9-24/h2-20,29-30H,1H3,(H,34,38)/t29-,30+/m1/s1. The Morgan fingerprint density at radius 1 is 0.842 bits per heavy atom. The van der Waals surface area contributed by atoms with Crippen molar-refractivity contribution < 1.29 is 4.74 Å². The number of hydrogen-bond acceptors (Lipinski definition) is 3. The van der Waals surface area contributed by atoms with Gasteiger partial charge in [-0.3, -0.25) is 4.98 Å². The van der Waals surface area contributed by atoms with E-state index in [1.807, 2.05) is 98.0 Å². The zero-order valence-electron chi connectivity index (χ0n) is 20.7. The normalized spacial score (nSPS) is 16.9. The van der Waals surface area contributed by atoms with Crippen molar-refractivity contribution in [3.63, 3.8) is 0 Å². The Morgan fingerprint density at radius 2 is 1.58 bits per heavy atom. The summed E-state index contributed by atoms with van der Waals surface area (Å²) in [5.41, 5.74) is 5.03. The van der Waals surface area contributed by atoms with Crippen molar-refractivity contribution in [1.29, 1.82) is 0 Å². The minimum Gasteiger partial charge on any atom is -0.457 e. The largest absolute Gasteiger partial charge is 0.457 e. The second kappa shape index (κ2) is 10.3. The molecule has 1 aliphatic rings. The molecule has 38 heavy (non-hydrogen) atoms. The first kappa shape index (κ1) is 24.2. The van der Waals surface area contributed by atoms with Crippen LogP contribution in [0.5, 0.6) is 11.5 Å². The van der Waals surface area contributed by atoms with E-state index >= 15 is 0 Å². The number of aromatic nitrogens is 2. The van der Waals surface area contributed by atoms with E-state index in [2.05, 4.69) is 44.2 Å². The summed E-state index contributed by atoms with van der Waals surface area (Å²) < 4.78 is 8.21. The van der Waals surface area contributed by atoms with Gasteiger partial charge in [-0.1, -0.05) is 35.9 Å². The van der Waals surface area contributed by atoms with Crippen molar-refractivity contribution in [2.24, 2.45) is 0 Å². The number of aryl methyl sites for hydroxylation is 1. The monoisotopic (exact) mass is 536 g/mol. The molecule has 1 N–H and O–H groups in total. The molecule has 1 aliphatic heterocycles. The number of thiocarbonyl (C=S) groups is 1. The number of para-hydroxylation sites is 1. The van der Waals surface area contributed by atoms with Gasteiger partial charge in [-0.15, -0.1) is 0 Å². The number of rotatable bonds is 6. The molecule has 0 spiro atoms. The molecule has 188 valence electrons. The lowest BCUT2D eigenvalue weighted by Gasteiger charge is -2.29. The van der Waals surface area contributed by atoms with Crippen molar-refractivity contribution in [2.75, 3.05) is 4.90 Å². The smallest absolute Gasteiger partial charge is 0.174 e. The molecule has 5 nitrogen and oxygen atoms in total. The van der Waals surface area contributed by atoms with Crippen molar-refractivity contribution in [1.82, 2.24) is 14.9 Å². The fourth-order valence-electron chi connectivity index (χ4n) is 4.88. The highest BCUT2D eigenvalue weighted by Crippen LogP contribution is 2.42. The number of ether oxygens (including phenoxy) is 1. The van der Waals surface area contributed by atoms with Crippen LogP contribution in [0.25, 0.3) is 5.69 Å². The molecule has 0 saturated carbocycles. The summed E-state index contributed by atoms with van der Waals surface area (Å²) >= 11 is 12.3. The Kier molecular flexibility index (Phi) is 6.58. The number of nitrogens with one attached hydrogen (secondary N) is 1. The molecule has 3 heterocycles. The first-order valence-electron chi connectivity index (χ1n) is 12.4. The SMILES string of the molecule is Cc1cc(-n2cccc2[C@H]2[C@@H](c3ccccn3)NC(=S)N2c2ccc(Oc3ccccc3)cc2)ccc1Cl. The first-order valence-corrected chi connectivity index (χ1v) is 13.1. The van der Waals surface area contributed by atoms with E-state index in [1.54, 1.807) is 0 Å². The molecule has 3 aromatic carbocycles. The molecule has 0 aliphatic carbocycles. The molecule has 0 unspecified atom stereocenters. The van der Waals surface area contributed by atoms with Crippen LogP contribution in [0.15, 0.2) is 116 Å². The number of nitrogens with zero attached hydrogens (tertiary/aromatic N) is 3. The number of benzene rings is 3. The second-order valence-corrected chi connectivity index (χ2v) is 9.94. The molecule has 1 saturated heterocycles. The van der Waals surface area contributed by atoms with Gasteiger partial charge in [-0.2, -0.15) is 0 Å². The van der Waals surface area contributed by atoms with Crippen LogP contribution in [0.3, 0.4) is 0 Å². The number of halogens is 1. The van der Waals surface area contributed by atoms with Gasteiger partial charge in [0, 0.05) is 34.5 Å². The van der Waals surface area contributed by atoms with Gasteiger partial charge in [0.05, 0.1) is 11.7 Å². The van der Waals surface area contributed by atoms with Crippen molar-refractivity contribution in [2.45, 2.75) is 19.0 Å². The average molecular weight is 537 g/mol. The molecule has 0 bridgehead atoms. The minimum atomic E-state index is -0.149. The third-order valence-corrected chi connectivity index (χ3v) is 7.43. The zero-order chi connectivity index (χ0) is 26.1. The van der Waals surface area contributed by atoms with Crippen LogP contribution in [-0.2, 0) is 0 Å². The van der Waals surface area contributed by atoms with Crippen LogP contribution in [0.1, 0.15) is 29.0 Å². The van der Waals surface area contributed by atoms with Crippen molar-refractivity contribution in [3.8, 4) is 17.2 Å². The molecular weight excluding hydrogens is 512 g/mol. The zero-order valence-corrected chi connectivity index (χ0v) is 22.2. The highest BCUT2D eigenvalue weighted by atomic mass is 35.5. The predicted molar refractivity (Wildman–Crippen MR) is 156 cm³/mol. The van der Waals surface area contributed by atoms with Gasteiger partial charge in [0.25, 0.3) is 0 Å². The Labute approximate surface area is 232 Å². The van der Waals surface area contributed by atoms with E-state index in [1.165, 1.54) is 0 Å². The van der Waals surface area contributed by atoms with Gasteiger partial charge in [-0.25, -0.2) is 0 Å². The topological polar surface area (TPSA) is 42.3 Å². The Morgan fingerprint density at radius 3 is 2.32 bits per heavy atom. The van der Waals surface area contributed by atoms with E-state index in [0.29, 0.717) is 5.11 Å². The summed E-state index contributed by atoms with van der Waals surface area (Å²) in [5, 5.41) is 4.93. The van der Waals surface area contributed by atoms with Crippen LogP contribution < -0.4 is 15.0 Å². The predicted octanol–water partition coefficient (Wildman–Crippen LogP) is 7.80. The molecule has 2 aromatic heterocycles. The van der Waals surface area contributed by atoms with Crippen LogP contribution in [-0.4, -0.2) is 14.7 Å². The van der Waals surface area contributed by atoms with Crippen LogP contribution in [0.4, 0.5) is 5.69 Å².